The molecule has 4 heteroatoms. The first-order valence-corrected chi connectivity index (χ1v) is 6.31. The summed E-state index contributed by atoms with van der Waals surface area (Å²) in [4.78, 5) is -0.0192. The molecule has 0 bridgehead atoms. The zero-order valence-corrected chi connectivity index (χ0v) is 9.88. The molecular formula is C12H12O3S. The summed E-state index contributed by atoms with van der Waals surface area (Å²) in [6.45, 7) is 3.58. The van der Waals surface area contributed by atoms with Crippen LogP contribution < -0.4 is 0 Å². The summed E-state index contributed by atoms with van der Waals surface area (Å²) in [6.07, 6.45) is 0. The number of hydrogen-bond acceptors (Lipinski definition) is 2. The van der Waals surface area contributed by atoms with Gasteiger partial charge in [-0.15, -0.1) is 0 Å². The van der Waals surface area contributed by atoms with Crippen molar-refractivity contribution in [2.45, 2.75) is 18.7 Å². The van der Waals surface area contributed by atoms with Gasteiger partial charge in [-0.2, -0.15) is 8.42 Å². The average molecular weight is 236 g/mol. The smallest absolute Gasteiger partial charge is 0.282 e. The molecule has 0 amide bonds. The SMILES string of the molecule is Cc1cc2cccc(C)c2cc1S(=O)(=O)O. The summed E-state index contributed by atoms with van der Waals surface area (Å²) in [7, 11) is -4.14. The van der Waals surface area contributed by atoms with E-state index in [4.69, 9.17) is 4.55 Å². The normalized spacial score (nSPS) is 11.9. The first kappa shape index (κ1) is 11.1. The maximum atomic E-state index is 11.2. The predicted octanol–water partition coefficient (Wildman–Crippen LogP) is 2.70. The molecule has 2 aromatic rings. The third-order valence-electron chi connectivity index (χ3n) is 2.67. The first-order valence-electron chi connectivity index (χ1n) is 4.87. The Kier molecular flexibility index (Phi) is 2.48. The molecule has 0 saturated carbocycles. The lowest BCUT2D eigenvalue weighted by Crippen LogP contribution is -2.01. The number of fused-ring (bicyclic) bond motifs is 1. The molecule has 0 aliphatic heterocycles. The van der Waals surface area contributed by atoms with Gasteiger partial charge in [0.25, 0.3) is 10.1 Å². The van der Waals surface area contributed by atoms with Gasteiger partial charge in [0, 0.05) is 0 Å². The van der Waals surface area contributed by atoms with Crippen molar-refractivity contribution in [3.63, 3.8) is 0 Å². The summed E-state index contributed by atoms with van der Waals surface area (Å²) in [5, 5.41) is 1.82. The molecule has 1 N–H and O–H groups in total. The standard InChI is InChI=1S/C12H12O3S/c1-8-4-3-5-10-6-9(2)12(7-11(8)10)16(13,14)15/h3-7H,1-2H3,(H,13,14,15). The molecule has 0 aromatic heterocycles. The highest BCUT2D eigenvalue weighted by Gasteiger charge is 2.14. The van der Waals surface area contributed by atoms with Crippen LogP contribution in [0.25, 0.3) is 10.8 Å². The molecule has 0 aliphatic carbocycles. The summed E-state index contributed by atoms with van der Waals surface area (Å²) in [5.41, 5.74) is 1.54. The molecule has 0 aliphatic rings. The van der Waals surface area contributed by atoms with Crippen molar-refractivity contribution in [1.29, 1.82) is 0 Å². The highest BCUT2D eigenvalue weighted by atomic mass is 32.2. The van der Waals surface area contributed by atoms with Gasteiger partial charge in [-0.25, -0.2) is 0 Å². The zero-order valence-electron chi connectivity index (χ0n) is 9.06. The van der Waals surface area contributed by atoms with Gasteiger partial charge in [0.05, 0.1) is 4.90 Å². The maximum Gasteiger partial charge on any atom is 0.294 e. The van der Waals surface area contributed by atoms with Crippen LogP contribution in [-0.4, -0.2) is 13.0 Å². The molecule has 0 fully saturated rings. The van der Waals surface area contributed by atoms with Gasteiger partial charge in [-0.1, -0.05) is 24.3 Å². The van der Waals surface area contributed by atoms with Crippen LogP contribution in [0.5, 0.6) is 0 Å². The summed E-state index contributed by atoms with van der Waals surface area (Å²) in [5.74, 6) is 0. The molecule has 0 heterocycles. The Hall–Kier alpha value is -1.39. The van der Waals surface area contributed by atoms with Gasteiger partial charge in [0.15, 0.2) is 0 Å². The minimum atomic E-state index is -4.14. The molecule has 84 valence electrons. The second-order valence-electron chi connectivity index (χ2n) is 3.89. The van der Waals surface area contributed by atoms with Crippen LogP contribution in [0.1, 0.15) is 11.1 Å². The summed E-state index contributed by atoms with van der Waals surface area (Å²) in [6, 6.07) is 9.04. The molecule has 3 nitrogen and oxygen atoms in total. The monoisotopic (exact) mass is 236 g/mol. The van der Waals surface area contributed by atoms with Crippen LogP contribution in [-0.2, 0) is 10.1 Å². The van der Waals surface area contributed by atoms with Crippen molar-refractivity contribution in [3.8, 4) is 0 Å². The lowest BCUT2D eigenvalue weighted by Gasteiger charge is -2.07. The van der Waals surface area contributed by atoms with E-state index in [2.05, 4.69) is 0 Å². The van der Waals surface area contributed by atoms with Crippen LogP contribution in [0.15, 0.2) is 35.2 Å². The van der Waals surface area contributed by atoms with Crippen molar-refractivity contribution < 1.29 is 13.0 Å². The van der Waals surface area contributed by atoms with Crippen LogP contribution in [0.3, 0.4) is 0 Å². The van der Waals surface area contributed by atoms with E-state index in [9.17, 15) is 8.42 Å². The Balaban J connectivity index is 2.90. The number of benzene rings is 2. The topological polar surface area (TPSA) is 54.4 Å². The van der Waals surface area contributed by atoms with Crippen LogP contribution in [0.2, 0.25) is 0 Å². The Morgan fingerprint density at radius 1 is 1.06 bits per heavy atom. The van der Waals surface area contributed by atoms with Crippen molar-refractivity contribution in [1.82, 2.24) is 0 Å². The quantitative estimate of drug-likeness (QED) is 0.774. The fourth-order valence-electron chi connectivity index (χ4n) is 1.85. The first-order chi connectivity index (χ1) is 7.39. The van der Waals surface area contributed by atoms with E-state index in [1.807, 2.05) is 25.1 Å². The molecule has 2 aromatic carbocycles. The van der Waals surface area contributed by atoms with E-state index in [0.29, 0.717) is 5.56 Å². The van der Waals surface area contributed by atoms with Crippen molar-refractivity contribution in [3.05, 3.63) is 41.5 Å². The van der Waals surface area contributed by atoms with Gasteiger partial charge in [-0.3, -0.25) is 4.55 Å². The third-order valence-corrected chi connectivity index (χ3v) is 3.67. The lowest BCUT2D eigenvalue weighted by atomic mass is 10.0. The molecular weight excluding hydrogens is 224 g/mol. The van der Waals surface area contributed by atoms with E-state index in [1.165, 1.54) is 6.07 Å². The number of aryl methyl sites for hydroxylation is 2. The van der Waals surface area contributed by atoms with Crippen molar-refractivity contribution >= 4 is 20.9 Å². The maximum absolute atomic E-state index is 11.2. The van der Waals surface area contributed by atoms with Crippen LogP contribution >= 0.6 is 0 Å². The highest BCUT2D eigenvalue weighted by molar-refractivity contribution is 7.85. The minimum Gasteiger partial charge on any atom is -0.282 e. The molecule has 0 radical (unpaired) electrons. The van der Waals surface area contributed by atoms with Crippen molar-refractivity contribution in [2.75, 3.05) is 0 Å². The highest BCUT2D eigenvalue weighted by Crippen LogP contribution is 2.25. The van der Waals surface area contributed by atoms with Gasteiger partial charge < -0.3 is 0 Å². The minimum absolute atomic E-state index is 0.0192. The lowest BCUT2D eigenvalue weighted by molar-refractivity contribution is 0.482. The number of rotatable bonds is 1. The average Bonchev–Trinajstić information content (AvgIpc) is 2.15. The Bertz CT molecular complexity index is 657. The van der Waals surface area contributed by atoms with E-state index in [-0.39, 0.29) is 4.90 Å². The fourth-order valence-corrected chi connectivity index (χ4v) is 2.59. The predicted molar refractivity (Wildman–Crippen MR) is 63.2 cm³/mol. The Labute approximate surface area is 94.5 Å². The van der Waals surface area contributed by atoms with Crippen molar-refractivity contribution in [2.24, 2.45) is 0 Å². The number of hydrogen-bond donors (Lipinski definition) is 1. The third kappa shape index (κ3) is 1.81. The molecule has 16 heavy (non-hydrogen) atoms. The Morgan fingerprint density at radius 2 is 1.75 bits per heavy atom. The van der Waals surface area contributed by atoms with E-state index in [1.54, 1.807) is 13.0 Å². The van der Waals surface area contributed by atoms with Crippen LogP contribution in [0.4, 0.5) is 0 Å². The van der Waals surface area contributed by atoms with E-state index >= 15 is 0 Å². The van der Waals surface area contributed by atoms with E-state index < -0.39 is 10.1 Å². The summed E-state index contributed by atoms with van der Waals surface area (Å²) < 4.78 is 31.4. The Morgan fingerprint density at radius 3 is 2.38 bits per heavy atom. The van der Waals surface area contributed by atoms with Gasteiger partial charge in [0.2, 0.25) is 0 Å². The van der Waals surface area contributed by atoms with Crippen LogP contribution in [0, 0.1) is 13.8 Å². The second-order valence-corrected chi connectivity index (χ2v) is 5.28. The molecule has 0 unspecified atom stereocenters. The van der Waals surface area contributed by atoms with Gasteiger partial charge in [-0.05, 0) is 41.8 Å². The zero-order chi connectivity index (χ0) is 11.9. The largest absolute Gasteiger partial charge is 0.294 e. The molecule has 2 rings (SSSR count). The van der Waals surface area contributed by atoms with Gasteiger partial charge >= 0.3 is 0 Å². The fraction of sp³-hybridized carbons (Fsp3) is 0.167. The molecule has 0 saturated heterocycles. The molecule has 0 atom stereocenters. The summed E-state index contributed by atoms with van der Waals surface area (Å²) >= 11 is 0. The second kappa shape index (κ2) is 3.57. The van der Waals surface area contributed by atoms with Gasteiger partial charge in [0.1, 0.15) is 0 Å². The van der Waals surface area contributed by atoms with E-state index in [0.717, 1.165) is 16.3 Å². The molecule has 0 spiro atoms.